The lowest BCUT2D eigenvalue weighted by Gasteiger charge is -2.32. The molecule has 0 spiro atoms. The first kappa shape index (κ1) is 24.0. The Morgan fingerprint density at radius 1 is 1.07 bits per heavy atom. The molecule has 0 saturated heterocycles. The molecule has 1 fully saturated rings. The van der Waals surface area contributed by atoms with Crippen LogP contribution in [0.2, 0.25) is 0 Å². The topological polar surface area (TPSA) is 81.3 Å². The van der Waals surface area contributed by atoms with Crippen molar-refractivity contribution in [3.63, 3.8) is 0 Å². The van der Waals surface area contributed by atoms with E-state index in [1.807, 2.05) is 12.1 Å². The van der Waals surface area contributed by atoms with E-state index in [9.17, 15) is 4.79 Å². The molecule has 8 nitrogen and oxygen atoms in total. The Kier molecular flexibility index (Phi) is 9.96. The number of carbonyl (C=O) groups is 1. The van der Waals surface area contributed by atoms with Gasteiger partial charge in [-0.25, -0.2) is 0 Å². The summed E-state index contributed by atoms with van der Waals surface area (Å²) in [4.78, 5) is 14.2. The number of nitrogens with one attached hydrogen (secondary N) is 2. The van der Waals surface area contributed by atoms with E-state index < -0.39 is 0 Å². The molecule has 0 aliphatic heterocycles. The monoisotopic (exact) mass is 439 g/mol. The molecule has 1 aliphatic carbocycles. The summed E-state index contributed by atoms with van der Waals surface area (Å²) in [5.74, 6) is 1.65. The van der Waals surface area contributed by atoms with Gasteiger partial charge in [0, 0.05) is 26.2 Å². The number of ether oxygens (including phenoxy) is 4. The second-order valence-corrected chi connectivity index (χ2v) is 7.49. The van der Waals surface area contributed by atoms with Crippen molar-refractivity contribution in [1.29, 1.82) is 0 Å². The van der Waals surface area contributed by atoms with Gasteiger partial charge >= 0.3 is 0 Å². The fraction of sp³-hybridized carbons (Fsp3) is 0.619. The zero-order valence-electron chi connectivity index (χ0n) is 18.3. The molecule has 1 saturated carbocycles. The highest BCUT2D eigenvalue weighted by Crippen LogP contribution is 2.39. The van der Waals surface area contributed by atoms with Crippen LogP contribution < -0.4 is 24.8 Å². The highest BCUT2D eigenvalue weighted by Gasteiger charge is 2.26. The minimum atomic E-state index is -0.117. The van der Waals surface area contributed by atoms with Gasteiger partial charge in [0.05, 0.1) is 34.5 Å². The molecule has 0 heterocycles. The molecule has 2 N–H and O–H groups in total. The van der Waals surface area contributed by atoms with Crippen molar-refractivity contribution < 1.29 is 23.7 Å². The fourth-order valence-electron chi connectivity index (χ4n) is 3.62. The normalized spacial score (nSPS) is 13.6. The van der Waals surface area contributed by atoms with Crippen LogP contribution in [0.1, 0.15) is 31.2 Å². The number of nitrogens with zero attached hydrogens (tertiary/aromatic N) is 1. The van der Waals surface area contributed by atoms with Gasteiger partial charge in [0.25, 0.3) is 0 Å². The number of benzene rings is 1. The third kappa shape index (κ3) is 6.63. The van der Waals surface area contributed by atoms with E-state index in [1.165, 1.54) is 12.8 Å². The first-order valence-corrected chi connectivity index (χ1v) is 10.5. The SMILES string of the molecule is COCCNC(=O)CNC(=S)N(Cc1cc(OC)c(OC)c(OC)c1)C1CCCC1. The maximum absolute atomic E-state index is 12.0. The van der Waals surface area contributed by atoms with Crippen molar-refractivity contribution in [2.75, 3.05) is 48.1 Å². The fourth-order valence-corrected chi connectivity index (χ4v) is 3.90. The van der Waals surface area contributed by atoms with Crippen molar-refractivity contribution in [3.8, 4) is 17.2 Å². The van der Waals surface area contributed by atoms with Crippen LogP contribution in [0.3, 0.4) is 0 Å². The molecule has 1 aromatic carbocycles. The van der Waals surface area contributed by atoms with Crippen LogP contribution in [0, 0.1) is 0 Å². The zero-order chi connectivity index (χ0) is 21.9. The Bertz CT molecular complexity index is 685. The van der Waals surface area contributed by atoms with Crippen LogP contribution in [0.25, 0.3) is 0 Å². The minimum absolute atomic E-state index is 0.117. The lowest BCUT2D eigenvalue weighted by Crippen LogP contribution is -2.47. The number of rotatable bonds is 11. The average molecular weight is 440 g/mol. The van der Waals surface area contributed by atoms with E-state index in [0.29, 0.717) is 48.1 Å². The van der Waals surface area contributed by atoms with Crippen LogP contribution >= 0.6 is 12.2 Å². The van der Waals surface area contributed by atoms with Crippen molar-refractivity contribution in [1.82, 2.24) is 15.5 Å². The number of amides is 1. The van der Waals surface area contributed by atoms with Gasteiger partial charge in [-0.1, -0.05) is 12.8 Å². The van der Waals surface area contributed by atoms with Gasteiger partial charge in [0.2, 0.25) is 11.7 Å². The van der Waals surface area contributed by atoms with E-state index in [2.05, 4.69) is 15.5 Å². The largest absolute Gasteiger partial charge is 0.493 e. The molecule has 168 valence electrons. The Morgan fingerprint density at radius 2 is 1.70 bits per heavy atom. The number of carbonyl (C=O) groups excluding carboxylic acids is 1. The number of hydrogen-bond acceptors (Lipinski definition) is 6. The highest BCUT2D eigenvalue weighted by molar-refractivity contribution is 7.80. The molecule has 0 atom stereocenters. The summed E-state index contributed by atoms with van der Waals surface area (Å²) in [6.45, 7) is 1.66. The molecule has 1 aliphatic rings. The lowest BCUT2D eigenvalue weighted by atomic mass is 10.1. The maximum atomic E-state index is 12.0. The summed E-state index contributed by atoms with van der Waals surface area (Å²) in [6.07, 6.45) is 4.51. The van der Waals surface area contributed by atoms with Gasteiger partial charge < -0.3 is 34.5 Å². The third-order valence-corrected chi connectivity index (χ3v) is 5.51. The Morgan fingerprint density at radius 3 is 2.23 bits per heavy atom. The van der Waals surface area contributed by atoms with E-state index in [0.717, 1.165) is 18.4 Å². The Labute approximate surface area is 184 Å². The second-order valence-electron chi connectivity index (χ2n) is 7.10. The van der Waals surface area contributed by atoms with Crippen LogP contribution in [0.4, 0.5) is 0 Å². The molecule has 30 heavy (non-hydrogen) atoms. The summed E-state index contributed by atoms with van der Waals surface area (Å²) in [7, 11) is 6.39. The van der Waals surface area contributed by atoms with E-state index >= 15 is 0 Å². The standard InChI is InChI=1S/C21H33N3O5S/c1-26-10-9-22-19(25)13-23-21(30)24(16-7-5-6-8-16)14-15-11-17(27-2)20(29-4)18(12-15)28-3/h11-12,16H,5-10,13-14H2,1-4H3,(H,22,25)(H,23,30). The number of thiocarbonyl (C=S) groups is 1. The summed E-state index contributed by atoms with van der Waals surface area (Å²) >= 11 is 5.66. The average Bonchev–Trinajstić information content (AvgIpc) is 3.29. The van der Waals surface area contributed by atoms with Crippen molar-refractivity contribution >= 4 is 23.2 Å². The van der Waals surface area contributed by atoms with Gasteiger partial charge in [0.1, 0.15) is 0 Å². The Balaban J connectivity index is 2.12. The molecule has 2 rings (SSSR count). The lowest BCUT2D eigenvalue weighted by molar-refractivity contribution is -0.120. The predicted octanol–water partition coefficient (Wildman–Crippen LogP) is 2.09. The molecule has 0 radical (unpaired) electrons. The molecular weight excluding hydrogens is 406 g/mol. The van der Waals surface area contributed by atoms with Crippen LogP contribution in [-0.2, 0) is 16.1 Å². The van der Waals surface area contributed by atoms with Crippen LogP contribution in [0.15, 0.2) is 12.1 Å². The molecule has 9 heteroatoms. The second kappa shape index (κ2) is 12.4. The Hall–Kier alpha value is -2.26. The van der Waals surface area contributed by atoms with Crippen molar-refractivity contribution in [3.05, 3.63) is 17.7 Å². The predicted molar refractivity (Wildman–Crippen MR) is 119 cm³/mol. The van der Waals surface area contributed by atoms with E-state index in [1.54, 1.807) is 28.4 Å². The zero-order valence-corrected chi connectivity index (χ0v) is 19.1. The molecule has 0 unspecified atom stereocenters. The van der Waals surface area contributed by atoms with Gasteiger partial charge in [-0.2, -0.15) is 0 Å². The summed E-state index contributed by atoms with van der Waals surface area (Å²) < 4.78 is 21.3. The van der Waals surface area contributed by atoms with Crippen molar-refractivity contribution in [2.45, 2.75) is 38.3 Å². The first-order chi connectivity index (χ1) is 14.5. The molecule has 1 amide bonds. The first-order valence-electron chi connectivity index (χ1n) is 10.1. The van der Waals surface area contributed by atoms with E-state index in [-0.39, 0.29) is 12.5 Å². The van der Waals surface area contributed by atoms with Crippen molar-refractivity contribution in [2.24, 2.45) is 0 Å². The number of methoxy groups -OCH3 is 4. The molecule has 1 aromatic rings. The van der Waals surface area contributed by atoms with Gasteiger partial charge in [0.15, 0.2) is 16.6 Å². The van der Waals surface area contributed by atoms with Crippen LogP contribution in [0.5, 0.6) is 17.2 Å². The van der Waals surface area contributed by atoms with Crippen LogP contribution in [-0.4, -0.2) is 70.1 Å². The quantitative estimate of drug-likeness (QED) is 0.401. The molecular formula is C21H33N3O5S. The summed E-state index contributed by atoms with van der Waals surface area (Å²) in [6, 6.07) is 4.20. The van der Waals surface area contributed by atoms with Gasteiger partial charge in [-0.05, 0) is 42.8 Å². The smallest absolute Gasteiger partial charge is 0.239 e. The van der Waals surface area contributed by atoms with Gasteiger partial charge in [-0.3, -0.25) is 4.79 Å². The third-order valence-electron chi connectivity index (χ3n) is 5.13. The summed E-state index contributed by atoms with van der Waals surface area (Å²) in [5.41, 5.74) is 0.991. The van der Waals surface area contributed by atoms with Gasteiger partial charge in [-0.15, -0.1) is 0 Å². The highest BCUT2D eigenvalue weighted by atomic mass is 32.1. The molecule has 0 aromatic heterocycles. The van der Waals surface area contributed by atoms with E-state index in [4.69, 9.17) is 31.2 Å². The maximum Gasteiger partial charge on any atom is 0.239 e. The summed E-state index contributed by atoms with van der Waals surface area (Å²) in [5, 5.41) is 6.46. The molecule has 0 bridgehead atoms. The minimum Gasteiger partial charge on any atom is -0.493 e. The number of hydrogen-bond donors (Lipinski definition) is 2.